The SMILES string of the molecule is OC[C@@H]1[C@@H]2[C@H](O)O[C@H]([C@H]3N[C@@H]3CO)N21. The van der Waals surface area contributed by atoms with Crippen LogP contribution in [0.2, 0.25) is 0 Å². The Balaban J connectivity index is 1.66. The normalized spacial score (nSPS) is 59.8. The molecule has 0 radical (unpaired) electrons. The maximum absolute atomic E-state index is 9.48. The van der Waals surface area contributed by atoms with Crippen molar-refractivity contribution in [1.29, 1.82) is 0 Å². The van der Waals surface area contributed by atoms with E-state index in [1.54, 1.807) is 0 Å². The van der Waals surface area contributed by atoms with Crippen molar-refractivity contribution in [3.8, 4) is 0 Å². The number of hydrogen-bond donors (Lipinski definition) is 4. The van der Waals surface area contributed by atoms with Gasteiger partial charge < -0.3 is 25.4 Å². The van der Waals surface area contributed by atoms with Gasteiger partial charge >= 0.3 is 0 Å². The number of ether oxygens (including phenoxy) is 1. The van der Waals surface area contributed by atoms with E-state index in [0.717, 1.165) is 0 Å². The topological polar surface area (TPSA) is 94.9 Å². The quantitative estimate of drug-likeness (QED) is 0.365. The van der Waals surface area contributed by atoms with Gasteiger partial charge in [0.2, 0.25) is 0 Å². The molecule has 6 heteroatoms. The van der Waals surface area contributed by atoms with Crippen LogP contribution in [0, 0.1) is 0 Å². The molecule has 3 fully saturated rings. The second-order valence-corrected chi connectivity index (χ2v) is 4.09. The Kier molecular flexibility index (Phi) is 1.85. The van der Waals surface area contributed by atoms with E-state index in [4.69, 9.17) is 14.9 Å². The molecular formula is C8H14N2O4. The highest BCUT2D eigenvalue weighted by Gasteiger charge is 2.66. The van der Waals surface area contributed by atoms with Crippen molar-refractivity contribution in [2.45, 2.75) is 36.7 Å². The fraction of sp³-hybridized carbons (Fsp3) is 1.00. The standard InChI is InChI=1S/C8H14N2O4/c11-1-3-5(9-3)7-10-4(2-12)6(10)8(13)14-7/h3-9,11-13H,1-2H2/t3-,4-,5+,6-,7-,8-,10?/m1/s1. The van der Waals surface area contributed by atoms with Crippen molar-refractivity contribution in [1.82, 2.24) is 10.2 Å². The zero-order valence-corrected chi connectivity index (χ0v) is 7.58. The summed E-state index contributed by atoms with van der Waals surface area (Å²) in [4.78, 5) is 1.96. The number of aliphatic hydroxyl groups excluding tert-OH is 3. The van der Waals surface area contributed by atoms with Crippen LogP contribution >= 0.6 is 0 Å². The van der Waals surface area contributed by atoms with Crippen LogP contribution in [0.1, 0.15) is 0 Å². The first-order chi connectivity index (χ1) is 6.77. The van der Waals surface area contributed by atoms with E-state index >= 15 is 0 Å². The van der Waals surface area contributed by atoms with Gasteiger partial charge in [-0.25, -0.2) is 0 Å². The summed E-state index contributed by atoms with van der Waals surface area (Å²) >= 11 is 0. The molecule has 3 aliphatic heterocycles. The van der Waals surface area contributed by atoms with E-state index < -0.39 is 6.29 Å². The molecular weight excluding hydrogens is 188 g/mol. The molecule has 0 spiro atoms. The Morgan fingerprint density at radius 1 is 1.29 bits per heavy atom. The van der Waals surface area contributed by atoms with Crippen LogP contribution in [-0.2, 0) is 4.74 Å². The number of rotatable bonds is 3. The third-order valence-electron chi connectivity index (χ3n) is 3.32. The second-order valence-electron chi connectivity index (χ2n) is 4.09. The zero-order valence-electron chi connectivity index (χ0n) is 7.58. The Bertz CT molecular complexity index is 251. The molecule has 6 nitrogen and oxygen atoms in total. The van der Waals surface area contributed by atoms with Gasteiger partial charge in [-0.1, -0.05) is 0 Å². The van der Waals surface area contributed by atoms with Gasteiger partial charge in [0.15, 0.2) is 6.29 Å². The van der Waals surface area contributed by atoms with Gasteiger partial charge in [0.05, 0.1) is 31.3 Å². The summed E-state index contributed by atoms with van der Waals surface area (Å²) in [5, 5.41) is 30.4. The smallest absolute Gasteiger partial charge is 0.174 e. The van der Waals surface area contributed by atoms with Gasteiger partial charge in [-0.2, -0.15) is 0 Å². The lowest BCUT2D eigenvalue weighted by Gasteiger charge is -2.15. The fourth-order valence-electron chi connectivity index (χ4n) is 2.42. The van der Waals surface area contributed by atoms with E-state index in [1.165, 1.54) is 0 Å². The number of nitrogens with one attached hydrogen (secondary N) is 1. The molecule has 3 rings (SSSR count). The Hall–Kier alpha value is -0.240. The summed E-state index contributed by atoms with van der Waals surface area (Å²) in [6.45, 7) is 0.140. The summed E-state index contributed by atoms with van der Waals surface area (Å²) in [5.74, 6) is 0. The molecule has 80 valence electrons. The van der Waals surface area contributed by atoms with Crippen molar-refractivity contribution < 1.29 is 20.1 Å². The minimum absolute atomic E-state index is 0.0329. The lowest BCUT2D eigenvalue weighted by molar-refractivity contribution is -0.119. The lowest BCUT2D eigenvalue weighted by atomic mass is 10.3. The Labute approximate surface area is 81.1 Å². The predicted octanol–water partition coefficient (Wildman–Crippen LogP) is -2.96. The van der Waals surface area contributed by atoms with E-state index in [2.05, 4.69) is 5.32 Å². The molecule has 0 aromatic carbocycles. The molecule has 14 heavy (non-hydrogen) atoms. The molecule has 4 N–H and O–H groups in total. The molecule has 0 aromatic heterocycles. The van der Waals surface area contributed by atoms with Crippen LogP contribution in [0.3, 0.4) is 0 Å². The molecule has 0 amide bonds. The number of aliphatic hydroxyl groups is 3. The molecule has 7 atom stereocenters. The van der Waals surface area contributed by atoms with Crippen molar-refractivity contribution in [3.05, 3.63) is 0 Å². The predicted molar refractivity (Wildman–Crippen MR) is 45.2 cm³/mol. The summed E-state index contributed by atoms with van der Waals surface area (Å²) in [6, 6.07) is 0.152. The van der Waals surface area contributed by atoms with Crippen molar-refractivity contribution in [3.63, 3.8) is 0 Å². The van der Waals surface area contributed by atoms with Crippen LogP contribution in [0.15, 0.2) is 0 Å². The van der Waals surface area contributed by atoms with Gasteiger partial charge in [0.1, 0.15) is 6.23 Å². The van der Waals surface area contributed by atoms with Crippen molar-refractivity contribution in [2.24, 2.45) is 0 Å². The average Bonchev–Trinajstić information content (AvgIpc) is 3.08. The van der Waals surface area contributed by atoms with E-state index in [1.807, 2.05) is 4.90 Å². The molecule has 0 saturated carbocycles. The minimum atomic E-state index is -0.793. The van der Waals surface area contributed by atoms with Gasteiger partial charge in [-0.05, 0) is 0 Å². The maximum Gasteiger partial charge on any atom is 0.174 e. The van der Waals surface area contributed by atoms with Gasteiger partial charge in [0.25, 0.3) is 0 Å². The number of fused-ring (bicyclic) bond motifs is 1. The first-order valence-electron chi connectivity index (χ1n) is 4.86. The van der Waals surface area contributed by atoms with E-state index in [-0.39, 0.29) is 43.6 Å². The second kappa shape index (κ2) is 2.88. The molecule has 3 aliphatic rings. The number of nitrogens with zero attached hydrogens (tertiary/aromatic N) is 1. The first-order valence-corrected chi connectivity index (χ1v) is 4.86. The monoisotopic (exact) mass is 202 g/mol. The van der Waals surface area contributed by atoms with Crippen LogP contribution in [0.25, 0.3) is 0 Å². The number of hydrogen-bond acceptors (Lipinski definition) is 6. The van der Waals surface area contributed by atoms with E-state index in [9.17, 15) is 5.11 Å². The lowest BCUT2D eigenvalue weighted by Crippen LogP contribution is -2.33. The third kappa shape index (κ3) is 1.06. The molecule has 3 saturated heterocycles. The van der Waals surface area contributed by atoms with Gasteiger partial charge in [-0.3, -0.25) is 4.90 Å². The highest BCUT2D eigenvalue weighted by molar-refractivity contribution is 5.16. The van der Waals surface area contributed by atoms with Crippen LogP contribution in [-0.4, -0.2) is 70.1 Å². The third-order valence-corrected chi connectivity index (χ3v) is 3.32. The van der Waals surface area contributed by atoms with Crippen LogP contribution in [0.5, 0.6) is 0 Å². The van der Waals surface area contributed by atoms with Crippen LogP contribution < -0.4 is 5.32 Å². The molecule has 0 bridgehead atoms. The molecule has 3 heterocycles. The largest absolute Gasteiger partial charge is 0.395 e. The summed E-state index contributed by atoms with van der Waals surface area (Å²) in [5.41, 5.74) is 0. The Morgan fingerprint density at radius 3 is 2.57 bits per heavy atom. The Morgan fingerprint density at radius 2 is 2.07 bits per heavy atom. The maximum atomic E-state index is 9.48. The van der Waals surface area contributed by atoms with Crippen LogP contribution in [0.4, 0.5) is 0 Å². The highest BCUT2D eigenvalue weighted by atomic mass is 16.6. The highest BCUT2D eigenvalue weighted by Crippen LogP contribution is 2.44. The van der Waals surface area contributed by atoms with Gasteiger partial charge in [-0.15, -0.1) is 0 Å². The minimum Gasteiger partial charge on any atom is -0.395 e. The molecule has 1 unspecified atom stereocenters. The van der Waals surface area contributed by atoms with Crippen molar-refractivity contribution >= 4 is 0 Å². The first kappa shape index (κ1) is 9.02. The molecule has 0 aliphatic carbocycles. The van der Waals surface area contributed by atoms with Gasteiger partial charge in [0, 0.05) is 6.04 Å². The zero-order chi connectivity index (χ0) is 9.87. The van der Waals surface area contributed by atoms with Crippen molar-refractivity contribution in [2.75, 3.05) is 13.2 Å². The summed E-state index contributed by atoms with van der Waals surface area (Å²) < 4.78 is 5.31. The summed E-state index contributed by atoms with van der Waals surface area (Å²) in [7, 11) is 0. The fourth-order valence-corrected chi connectivity index (χ4v) is 2.42. The van der Waals surface area contributed by atoms with E-state index in [0.29, 0.717) is 0 Å². The average molecular weight is 202 g/mol. The summed E-state index contributed by atoms with van der Waals surface area (Å²) in [6.07, 6.45) is -0.983. The molecule has 0 aromatic rings.